The summed E-state index contributed by atoms with van der Waals surface area (Å²) in [5.74, 6) is -0.459. The van der Waals surface area contributed by atoms with Gasteiger partial charge in [-0.2, -0.15) is 5.26 Å². The molecule has 1 fully saturated rings. The highest BCUT2D eigenvalue weighted by Gasteiger charge is 2.51. The van der Waals surface area contributed by atoms with Crippen LogP contribution in [-0.2, 0) is 14.1 Å². The summed E-state index contributed by atoms with van der Waals surface area (Å²) in [5.41, 5.74) is 0.422. The average molecular weight is 314 g/mol. The zero-order valence-electron chi connectivity index (χ0n) is 13.7. The minimum Gasteiger partial charge on any atom is -0.399 e. The Bertz CT molecular complexity index is 663. The highest BCUT2D eigenvalue weighted by atomic mass is 16.7. The van der Waals surface area contributed by atoms with Crippen molar-refractivity contribution in [3.63, 3.8) is 0 Å². The van der Waals surface area contributed by atoms with Crippen LogP contribution in [0, 0.1) is 11.3 Å². The topological polar surface area (TPSA) is 88.4 Å². The maximum absolute atomic E-state index is 11.5. The molecule has 1 saturated heterocycles. The Morgan fingerprint density at radius 1 is 1.30 bits per heavy atom. The van der Waals surface area contributed by atoms with Gasteiger partial charge in [0.05, 0.1) is 23.0 Å². The van der Waals surface area contributed by atoms with Gasteiger partial charge >= 0.3 is 7.12 Å². The minimum absolute atomic E-state index is 0.267. The molecule has 23 heavy (non-hydrogen) atoms. The number of aldehydes is 1. The first-order chi connectivity index (χ1) is 10.7. The number of nitrogens with one attached hydrogen (secondary N) is 1. The Balaban J connectivity index is 2.25. The van der Waals surface area contributed by atoms with Crippen LogP contribution in [0.1, 0.15) is 44.5 Å². The molecule has 1 aliphatic heterocycles. The molecule has 1 N–H and O–H groups in total. The van der Waals surface area contributed by atoms with Gasteiger partial charge in [0.2, 0.25) is 5.91 Å². The van der Waals surface area contributed by atoms with Crippen molar-refractivity contribution in [3.8, 4) is 6.07 Å². The lowest BCUT2D eigenvalue weighted by molar-refractivity contribution is -0.115. The molecule has 6 nitrogen and oxygen atoms in total. The molecule has 0 saturated carbocycles. The van der Waals surface area contributed by atoms with Crippen LogP contribution in [0.5, 0.6) is 0 Å². The molecule has 7 heteroatoms. The standard InChI is InChI=1S/C16H19BN2O4/c1-15(2)16(3,4)23-17(22-15)12-5-6-13(11(9-12)10-20)19-14(21)7-8-18/h5-6,9-10H,7H2,1-4H3,(H,19,21). The quantitative estimate of drug-likeness (QED) is 0.674. The van der Waals surface area contributed by atoms with Crippen molar-refractivity contribution < 1.29 is 18.9 Å². The molecule has 0 aliphatic carbocycles. The van der Waals surface area contributed by atoms with Gasteiger partial charge in [0.25, 0.3) is 0 Å². The van der Waals surface area contributed by atoms with Crippen LogP contribution in [0.4, 0.5) is 5.69 Å². The fourth-order valence-corrected chi connectivity index (χ4v) is 2.18. The lowest BCUT2D eigenvalue weighted by atomic mass is 9.78. The molecule has 2 rings (SSSR count). The summed E-state index contributed by atoms with van der Waals surface area (Å²) in [5, 5.41) is 11.1. The van der Waals surface area contributed by atoms with E-state index in [4.69, 9.17) is 14.6 Å². The van der Waals surface area contributed by atoms with E-state index >= 15 is 0 Å². The van der Waals surface area contributed by atoms with Gasteiger partial charge in [0, 0.05) is 5.56 Å². The number of carbonyl (C=O) groups is 2. The van der Waals surface area contributed by atoms with Crippen molar-refractivity contribution in [1.82, 2.24) is 0 Å². The fraction of sp³-hybridized carbons (Fsp3) is 0.438. The van der Waals surface area contributed by atoms with Crippen molar-refractivity contribution in [1.29, 1.82) is 5.26 Å². The third-order valence-electron chi connectivity index (χ3n) is 4.24. The van der Waals surface area contributed by atoms with E-state index in [1.54, 1.807) is 24.3 Å². The van der Waals surface area contributed by atoms with E-state index < -0.39 is 24.2 Å². The predicted octanol–water partition coefficient (Wildman–Crippen LogP) is 1.65. The van der Waals surface area contributed by atoms with Gasteiger partial charge < -0.3 is 14.6 Å². The van der Waals surface area contributed by atoms with Crippen molar-refractivity contribution in [2.75, 3.05) is 5.32 Å². The minimum atomic E-state index is -0.581. The molecule has 0 radical (unpaired) electrons. The zero-order chi connectivity index (χ0) is 17.3. The van der Waals surface area contributed by atoms with Crippen LogP contribution in [0.2, 0.25) is 0 Å². The second-order valence-electron chi connectivity index (χ2n) is 6.44. The second kappa shape index (κ2) is 6.15. The van der Waals surface area contributed by atoms with Gasteiger partial charge in [-0.25, -0.2) is 0 Å². The summed E-state index contributed by atoms with van der Waals surface area (Å²) < 4.78 is 11.9. The van der Waals surface area contributed by atoms with E-state index in [-0.39, 0.29) is 6.42 Å². The Morgan fingerprint density at radius 3 is 2.43 bits per heavy atom. The van der Waals surface area contributed by atoms with E-state index in [2.05, 4.69) is 5.32 Å². The summed E-state index contributed by atoms with van der Waals surface area (Å²) in [6.45, 7) is 7.79. The Kier molecular flexibility index (Phi) is 4.59. The maximum atomic E-state index is 11.5. The van der Waals surface area contributed by atoms with E-state index in [0.29, 0.717) is 23.0 Å². The van der Waals surface area contributed by atoms with Crippen molar-refractivity contribution >= 4 is 30.5 Å². The number of rotatable bonds is 4. The van der Waals surface area contributed by atoms with E-state index in [9.17, 15) is 9.59 Å². The first-order valence-electron chi connectivity index (χ1n) is 7.32. The van der Waals surface area contributed by atoms with Crippen molar-refractivity contribution in [2.45, 2.75) is 45.3 Å². The molecular formula is C16H19BN2O4. The van der Waals surface area contributed by atoms with Gasteiger partial charge in [-0.15, -0.1) is 0 Å². The van der Waals surface area contributed by atoms with E-state index in [0.717, 1.165) is 0 Å². The predicted molar refractivity (Wildman–Crippen MR) is 86.4 cm³/mol. The Morgan fingerprint density at radius 2 is 1.91 bits per heavy atom. The molecule has 1 aromatic rings. The number of carbonyl (C=O) groups excluding carboxylic acids is 2. The normalized spacial score (nSPS) is 18.3. The van der Waals surface area contributed by atoms with Crippen LogP contribution in [0.25, 0.3) is 0 Å². The SMILES string of the molecule is CC1(C)OB(c2ccc(NC(=O)CC#N)c(C=O)c2)OC1(C)C. The number of anilines is 1. The van der Waals surface area contributed by atoms with Crippen molar-refractivity contribution in [2.24, 2.45) is 0 Å². The van der Waals surface area contributed by atoms with E-state index in [1.165, 1.54) is 0 Å². The van der Waals surface area contributed by atoms with Crippen LogP contribution >= 0.6 is 0 Å². The summed E-state index contributed by atoms with van der Waals surface area (Å²) in [6.07, 6.45) is 0.383. The van der Waals surface area contributed by atoms with Crippen LogP contribution in [0.15, 0.2) is 18.2 Å². The number of amides is 1. The van der Waals surface area contributed by atoms with Gasteiger partial charge in [0.1, 0.15) is 6.42 Å². The molecule has 1 heterocycles. The number of hydrogen-bond donors (Lipinski definition) is 1. The lowest BCUT2D eigenvalue weighted by Gasteiger charge is -2.32. The van der Waals surface area contributed by atoms with E-state index in [1.807, 2.05) is 27.7 Å². The van der Waals surface area contributed by atoms with Crippen molar-refractivity contribution in [3.05, 3.63) is 23.8 Å². The molecule has 1 amide bonds. The zero-order valence-corrected chi connectivity index (χ0v) is 13.7. The summed E-state index contributed by atoms with van der Waals surface area (Å²) in [6, 6.07) is 6.72. The molecule has 0 atom stereocenters. The summed E-state index contributed by atoms with van der Waals surface area (Å²) in [7, 11) is -0.581. The van der Waals surface area contributed by atoms with Crippen LogP contribution < -0.4 is 10.8 Å². The molecule has 1 aromatic carbocycles. The third kappa shape index (κ3) is 3.44. The number of benzene rings is 1. The first kappa shape index (κ1) is 17.2. The lowest BCUT2D eigenvalue weighted by Crippen LogP contribution is -2.41. The highest BCUT2D eigenvalue weighted by Crippen LogP contribution is 2.36. The Hall–Kier alpha value is -2.17. The Labute approximate surface area is 135 Å². The molecule has 120 valence electrons. The van der Waals surface area contributed by atoms with Crippen LogP contribution in [-0.4, -0.2) is 30.5 Å². The molecule has 0 unspecified atom stereocenters. The summed E-state index contributed by atoms with van der Waals surface area (Å²) in [4.78, 5) is 22.8. The van der Waals surface area contributed by atoms with Crippen LogP contribution in [0.3, 0.4) is 0 Å². The fourth-order valence-electron chi connectivity index (χ4n) is 2.18. The smallest absolute Gasteiger partial charge is 0.399 e. The molecule has 0 bridgehead atoms. The first-order valence-corrected chi connectivity index (χ1v) is 7.32. The largest absolute Gasteiger partial charge is 0.494 e. The van der Waals surface area contributed by atoms with Gasteiger partial charge in [-0.1, -0.05) is 6.07 Å². The van der Waals surface area contributed by atoms with Gasteiger partial charge in [0.15, 0.2) is 6.29 Å². The average Bonchev–Trinajstić information content (AvgIpc) is 2.68. The number of nitriles is 1. The molecule has 0 spiro atoms. The van der Waals surface area contributed by atoms with Gasteiger partial charge in [-0.3, -0.25) is 9.59 Å². The molecule has 1 aliphatic rings. The summed E-state index contributed by atoms with van der Waals surface area (Å²) >= 11 is 0. The molecular weight excluding hydrogens is 295 g/mol. The third-order valence-corrected chi connectivity index (χ3v) is 4.24. The second-order valence-corrected chi connectivity index (χ2v) is 6.44. The maximum Gasteiger partial charge on any atom is 0.494 e. The number of nitrogens with zero attached hydrogens (tertiary/aromatic N) is 1. The van der Waals surface area contributed by atoms with Gasteiger partial charge in [-0.05, 0) is 45.3 Å². The highest BCUT2D eigenvalue weighted by molar-refractivity contribution is 6.62. The molecule has 0 aromatic heterocycles. The monoisotopic (exact) mass is 314 g/mol. The number of hydrogen-bond acceptors (Lipinski definition) is 5.